The Hall–Kier alpha value is -1.29. The Morgan fingerprint density at radius 3 is 2.73 bits per heavy atom. The van der Waals surface area contributed by atoms with Gasteiger partial charge < -0.3 is 9.97 Å². The van der Waals surface area contributed by atoms with Crippen LogP contribution in [0.4, 0.5) is 0 Å². The van der Waals surface area contributed by atoms with E-state index in [-0.39, 0.29) is 11.9 Å². The van der Waals surface area contributed by atoms with Crippen LogP contribution >= 0.6 is 0 Å². The molecule has 3 nitrogen and oxygen atoms in total. The molecule has 0 bridgehead atoms. The van der Waals surface area contributed by atoms with Gasteiger partial charge in [-0.05, 0) is 5.56 Å². The molecule has 0 saturated carbocycles. The number of rotatable bonds is 5. The molecule has 0 aliphatic carbocycles. The van der Waals surface area contributed by atoms with Crippen molar-refractivity contribution in [1.82, 2.24) is 5.32 Å². The Kier molecular flexibility index (Phi) is 4.91. The van der Waals surface area contributed by atoms with Gasteiger partial charge in [0.05, 0.1) is 5.92 Å². The summed E-state index contributed by atoms with van der Waals surface area (Å²) >= 11 is 0. The van der Waals surface area contributed by atoms with Gasteiger partial charge >= 0.3 is 8.05 Å². The van der Waals surface area contributed by atoms with E-state index in [1.54, 1.807) is 0 Å². The smallest absolute Gasteiger partial charge is 0.325 e. The number of hydrogen-bond donors (Lipinski definition) is 1. The Bertz CT molecular complexity index is 303. The molecule has 0 fully saturated rings. The molecule has 1 aromatic carbocycles. The van der Waals surface area contributed by atoms with Crippen molar-refractivity contribution in [3.63, 3.8) is 0 Å². The van der Waals surface area contributed by atoms with E-state index < -0.39 is 0 Å². The zero-order valence-corrected chi connectivity index (χ0v) is 9.19. The summed E-state index contributed by atoms with van der Waals surface area (Å²) in [5.74, 6) is -0.269. The monoisotopic (exact) mass is 205 g/mol. The van der Waals surface area contributed by atoms with E-state index in [0.29, 0.717) is 6.54 Å². The van der Waals surface area contributed by atoms with Gasteiger partial charge in [0.1, 0.15) is 0 Å². The summed E-state index contributed by atoms with van der Waals surface area (Å²) in [4.78, 5) is 11.1. The standard InChI is InChI=1S/C11H16BNO2/c1-9(11(14)15-12)7-13-8-10-5-3-2-4-6-10/h2-6,9,13H,7-8,12H2,1H3/t9-/m0/s1. The average molecular weight is 205 g/mol. The second-order valence-corrected chi connectivity index (χ2v) is 3.54. The summed E-state index contributed by atoms with van der Waals surface area (Å²) in [5, 5.41) is 3.22. The molecule has 80 valence electrons. The van der Waals surface area contributed by atoms with Gasteiger partial charge in [0.2, 0.25) is 0 Å². The van der Waals surface area contributed by atoms with Gasteiger partial charge in [-0.2, -0.15) is 0 Å². The summed E-state index contributed by atoms with van der Waals surface area (Å²) < 4.78 is 4.64. The quantitative estimate of drug-likeness (QED) is 0.711. The fourth-order valence-electron chi connectivity index (χ4n) is 1.31. The maximum atomic E-state index is 11.1. The maximum absolute atomic E-state index is 11.1. The van der Waals surface area contributed by atoms with Gasteiger partial charge in [-0.3, -0.25) is 4.79 Å². The number of carbonyl (C=O) groups excluding carboxylic acids is 1. The highest BCUT2D eigenvalue weighted by Gasteiger charge is 2.10. The van der Waals surface area contributed by atoms with Crippen molar-refractivity contribution in [3.8, 4) is 0 Å². The number of benzene rings is 1. The Morgan fingerprint density at radius 2 is 2.13 bits per heavy atom. The predicted octanol–water partition coefficient (Wildman–Crippen LogP) is 0.504. The second kappa shape index (κ2) is 6.25. The molecule has 1 atom stereocenters. The zero-order chi connectivity index (χ0) is 11.1. The largest absolute Gasteiger partial charge is 0.543 e. The third-order valence-corrected chi connectivity index (χ3v) is 2.23. The number of carbonyl (C=O) groups is 1. The van der Waals surface area contributed by atoms with Gasteiger partial charge in [0.25, 0.3) is 5.97 Å². The van der Waals surface area contributed by atoms with Crippen LogP contribution in [0.25, 0.3) is 0 Å². The molecule has 0 radical (unpaired) electrons. The molecule has 0 amide bonds. The zero-order valence-electron chi connectivity index (χ0n) is 9.19. The van der Waals surface area contributed by atoms with Gasteiger partial charge in [0.15, 0.2) is 0 Å². The molecular formula is C11H16BNO2. The Labute approximate surface area is 91.3 Å². The minimum Gasteiger partial charge on any atom is -0.543 e. The van der Waals surface area contributed by atoms with E-state index in [0.717, 1.165) is 6.54 Å². The Balaban J connectivity index is 2.25. The molecule has 0 aliphatic heterocycles. The lowest BCUT2D eigenvalue weighted by molar-refractivity contribution is -0.137. The molecule has 4 heteroatoms. The summed E-state index contributed by atoms with van der Waals surface area (Å²) in [6, 6.07) is 10.1. The topological polar surface area (TPSA) is 38.3 Å². The molecule has 0 unspecified atom stereocenters. The van der Waals surface area contributed by atoms with Crippen LogP contribution in [0.5, 0.6) is 0 Å². The van der Waals surface area contributed by atoms with E-state index in [1.807, 2.05) is 25.1 Å². The molecule has 0 aromatic heterocycles. The van der Waals surface area contributed by atoms with Crippen molar-refractivity contribution in [2.24, 2.45) is 5.92 Å². The highest BCUT2D eigenvalue weighted by Crippen LogP contribution is 1.99. The Morgan fingerprint density at radius 1 is 1.47 bits per heavy atom. The highest BCUT2D eigenvalue weighted by molar-refractivity contribution is 6.05. The fourth-order valence-corrected chi connectivity index (χ4v) is 1.31. The highest BCUT2D eigenvalue weighted by atomic mass is 16.5. The van der Waals surface area contributed by atoms with E-state index in [2.05, 4.69) is 22.1 Å². The first-order chi connectivity index (χ1) is 7.24. The lowest BCUT2D eigenvalue weighted by atomic mass is 10.1. The molecule has 1 N–H and O–H groups in total. The molecule has 15 heavy (non-hydrogen) atoms. The SMILES string of the molecule is BOC(=O)[C@@H](C)CNCc1ccccc1. The number of hydrogen-bond acceptors (Lipinski definition) is 3. The van der Waals surface area contributed by atoms with Crippen molar-refractivity contribution in [3.05, 3.63) is 35.9 Å². The van der Waals surface area contributed by atoms with Crippen molar-refractivity contribution in [2.45, 2.75) is 13.5 Å². The summed E-state index contributed by atoms with van der Waals surface area (Å²) in [6.07, 6.45) is 0. The van der Waals surface area contributed by atoms with E-state index in [4.69, 9.17) is 0 Å². The van der Waals surface area contributed by atoms with Crippen LogP contribution in [0.3, 0.4) is 0 Å². The van der Waals surface area contributed by atoms with Gasteiger partial charge in [-0.25, -0.2) is 0 Å². The minimum absolute atomic E-state index is 0.0984. The first kappa shape index (κ1) is 11.8. The van der Waals surface area contributed by atoms with Crippen LogP contribution in [0.2, 0.25) is 0 Å². The summed E-state index contributed by atoms with van der Waals surface area (Å²) in [7, 11) is 1.41. The third-order valence-electron chi connectivity index (χ3n) is 2.23. The lowest BCUT2D eigenvalue weighted by Crippen LogP contribution is -2.27. The predicted molar refractivity (Wildman–Crippen MR) is 61.9 cm³/mol. The first-order valence-corrected chi connectivity index (χ1v) is 5.06. The molecule has 0 saturated heterocycles. The van der Waals surface area contributed by atoms with E-state index in [9.17, 15) is 4.79 Å². The molecule has 0 aliphatic rings. The van der Waals surface area contributed by atoms with Gasteiger partial charge in [-0.1, -0.05) is 37.3 Å². The summed E-state index contributed by atoms with van der Waals surface area (Å²) in [5.41, 5.74) is 1.22. The first-order valence-electron chi connectivity index (χ1n) is 5.06. The molecular weight excluding hydrogens is 189 g/mol. The van der Waals surface area contributed by atoms with E-state index >= 15 is 0 Å². The van der Waals surface area contributed by atoms with Crippen molar-refractivity contribution >= 4 is 14.0 Å². The van der Waals surface area contributed by atoms with Crippen LogP contribution in [0.15, 0.2) is 30.3 Å². The molecule has 1 rings (SSSR count). The minimum atomic E-state index is -0.171. The van der Waals surface area contributed by atoms with Crippen LogP contribution in [0.1, 0.15) is 12.5 Å². The molecule has 1 aromatic rings. The molecule has 0 spiro atoms. The van der Waals surface area contributed by atoms with E-state index in [1.165, 1.54) is 13.6 Å². The molecule has 0 heterocycles. The maximum Gasteiger partial charge on any atom is 0.325 e. The van der Waals surface area contributed by atoms with Gasteiger partial charge in [0, 0.05) is 13.1 Å². The van der Waals surface area contributed by atoms with Gasteiger partial charge in [-0.15, -0.1) is 0 Å². The van der Waals surface area contributed by atoms with Crippen molar-refractivity contribution < 1.29 is 9.45 Å². The lowest BCUT2D eigenvalue weighted by Gasteiger charge is -2.10. The van der Waals surface area contributed by atoms with Crippen LogP contribution in [0, 0.1) is 5.92 Å². The van der Waals surface area contributed by atoms with Crippen LogP contribution in [-0.4, -0.2) is 20.6 Å². The number of nitrogens with one attached hydrogen (secondary N) is 1. The second-order valence-electron chi connectivity index (χ2n) is 3.54. The normalized spacial score (nSPS) is 12.1. The van der Waals surface area contributed by atoms with Crippen LogP contribution in [-0.2, 0) is 16.0 Å². The van der Waals surface area contributed by atoms with Crippen molar-refractivity contribution in [1.29, 1.82) is 0 Å². The third kappa shape index (κ3) is 4.17. The summed E-state index contributed by atoms with van der Waals surface area (Å²) in [6.45, 7) is 3.27. The fraction of sp³-hybridized carbons (Fsp3) is 0.364. The van der Waals surface area contributed by atoms with Crippen LogP contribution < -0.4 is 5.32 Å². The van der Waals surface area contributed by atoms with Crippen molar-refractivity contribution in [2.75, 3.05) is 6.54 Å². The average Bonchev–Trinajstić information content (AvgIpc) is 2.29.